The number of aliphatic hydroxyl groups is 1. The molecule has 5 heteroatoms. The van der Waals surface area contributed by atoms with Gasteiger partial charge in [-0.05, 0) is 53.0 Å². The molecule has 1 amide bonds. The minimum Gasteiger partial charge on any atom is -0.444 e. The van der Waals surface area contributed by atoms with E-state index in [4.69, 9.17) is 4.74 Å². The van der Waals surface area contributed by atoms with Crippen LogP contribution in [0.5, 0.6) is 0 Å². The first-order valence-electron chi connectivity index (χ1n) is 7.73. The van der Waals surface area contributed by atoms with Crippen molar-refractivity contribution in [2.24, 2.45) is 0 Å². The molecule has 2 atom stereocenters. The van der Waals surface area contributed by atoms with E-state index in [1.54, 1.807) is 0 Å². The van der Waals surface area contributed by atoms with Crippen molar-refractivity contribution in [3.63, 3.8) is 0 Å². The van der Waals surface area contributed by atoms with E-state index in [0.29, 0.717) is 6.42 Å². The lowest BCUT2D eigenvalue weighted by Gasteiger charge is -2.41. The molecule has 0 bridgehead atoms. The molecule has 1 rings (SSSR count). The summed E-state index contributed by atoms with van der Waals surface area (Å²) in [5, 5.41) is 12.6. The standard InChI is InChI=1S/C15H30N2O3/c1-5-16-12(9-11-18)13-8-6-7-10-17(13)14(19)20-15(2,3)4/h12-13,16,18H,5-11H2,1-4H3/t12-,13-/m0/s1. The van der Waals surface area contributed by atoms with E-state index < -0.39 is 5.60 Å². The van der Waals surface area contributed by atoms with Crippen molar-refractivity contribution in [2.75, 3.05) is 19.7 Å². The SMILES string of the molecule is CCN[C@@H](CCO)[C@@H]1CCCCN1C(=O)OC(C)(C)C. The van der Waals surface area contributed by atoms with Gasteiger partial charge < -0.3 is 20.1 Å². The fraction of sp³-hybridized carbons (Fsp3) is 0.933. The highest BCUT2D eigenvalue weighted by Gasteiger charge is 2.34. The van der Waals surface area contributed by atoms with Gasteiger partial charge in [-0.15, -0.1) is 0 Å². The molecule has 1 aliphatic rings. The Hall–Kier alpha value is -0.810. The van der Waals surface area contributed by atoms with E-state index in [-0.39, 0.29) is 24.8 Å². The van der Waals surface area contributed by atoms with Crippen LogP contribution in [0.4, 0.5) is 4.79 Å². The maximum absolute atomic E-state index is 12.4. The quantitative estimate of drug-likeness (QED) is 0.813. The summed E-state index contributed by atoms with van der Waals surface area (Å²) in [6.07, 6.45) is 3.54. The van der Waals surface area contributed by atoms with Crippen LogP contribution in [-0.2, 0) is 4.74 Å². The van der Waals surface area contributed by atoms with Crippen LogP contribution in [0.3, 0.4) is 0 Å². The number of rotatable bonds is 5. The molecule has 0 saturated carbocycles. The number of amides is 1. The van der Waals surface area contributed by atoms with Gasteiger partial charge in [0, 0.05) is 19.2 Å². The summed E-state index contributed by atoms with van der Waals surface area (Å²) in [5.74, 6) is 0. The first-order valence-corrected chi connectivity index (χ1v) is 7.73. The third kappa shape index (κ3) is 5.29. The maximum atomic E-state index is 12.4. The molecule has 5 nitrogen and oxygen atoms in total. The minimum atomic E-state index is -0.469. The van der Waals surface area contributed by atoms with Gasteiger partial charge in [0.1, 0.15) is 5.60 Å². The molecular formula is C15H30N2O3. The second-order valence-corrected chi connectivity index (χ2v) is 6.41. The van der Waals surface area contributed by atoms with Gasteiger partial charge >= 0.3 is 6.09 Å². The molecule has 118 valence electrons. The van der Waals surface area contributed by atoms with Gasteiger partial charge in [-0.3, -0.25) is 0 Å². The summed E-state index contributed by atoms with van der Waals surface area (Å²) in [6.45, 7) is 9.43. The third-order valence-electron chi connectivity index (χ3n) is 3.55. The van der Waals surface area contributed by atoms with E-state index in [0.717, 1.165) is 32.4 Å². The van der Waals surface area contributed by atoms with Crippen LogP contribution < -0.4 is 5.32 Å². The Balaban J connectivity index is 2.76. The zero-order chi connectivity index (χ0) is 15.2. The van der Waals surface area contributed by atoms with Crippen molar-refractivity contribution in [1.82, 2.24) is 10.2 Å². The fourth-order valence-corrected chi connectivity index (χ4v) is 2.75. The average molecular weight is 286 g/mol. The monoisotopic (exact) mass is 286 g/mol. The summed E-state index contributed by atoms with van der Waals surface area (Å²) in [5.41, 5.74) is -0.469. The molecule has 20 heavy (non-hydrogen) atoms. The normalized spacial score (nSPS) is 21.6. The maximum Gasteiger partial charge on any atom is 0.410 e. The molecule has 1 heterocycles. The molecule has 0 aliphatic carbocycles. The van der Waals surface area contributed by atoms with Gasteiger partial charge in [-0.1, -0.05) is 6.92 Å². The van der Waals surface area contributed by atoms with Gasteiger partial charge in [0.15, 0.2) is 0 Å². The van der Waals surface area contributed by atoms with Crippen LogP contribution in [0, 0.1) is 0 Å². The molecule has 1 aliphatic heterocycles. The highest BCUT2D eigenvalue weighted by molar-refractivity contribution is 5.68. The van der Waals surface area contributed by atoms with Crippen LogP contribution in [-0.4, -0.2) is 53.5 Å². The molecule has 0 aromatic heterocycles. The molecule has 1 fully saturated rings. The van der Waals surface area contributed by atoms with Crippen molar-refractivity contribution in [2.45, 2.75) is 71.1 Å². The van der Waals surface area contributed by atoms with Crippen LogP contribution in [0.1, 0.15) is 53.4 Å². The third-order valence-corrected chi connectivity index (χ3v) is 3.55. The minimum absolute atomic E-state index is 0.116. The molecular weight excluding hydrogens is 256 g/mol. The van der Waals surface area contributed by atoms with E-state index in [1.165, 1.54) is 0 Å². The molecule has 0 aromatic carbocycles. The highest BCUT2D eigenvalue weighted by atomic mass is 16.6. The number of nitrogens with zero attached hydrogens (tertiary/aromatic N) is 1. The van der Waals surface area contributed by atoms with Crippen LogP contribution in [0.2, 0.25) is 0 Å². The predicted octanol–water partition coefficient (Wildman–Crippen LogP) is 2.14. The second-order valence-electron chi connectivity index (χ2n) is 6.41. The summed E-state index contributed by atoms with van der Waals surface area (Å²) in [4.78, 5) is 14.2. The van der Waals surface area contributed by atoms with Gasteiger partial charge in [0.05, 0.1) is 6.04 Å². The van der Waals surface area contributed by atoms with Gasteiger partial charge in [-0.2, -0.15) is 0 Å². The summed E-state index contributed by atoms with van der Waals surface area (Å²) in [7, 11) is 0. The molecule has 0 unspecified atom stereocenters. The number of hydrogen-bond donors (Lipinski definition) is 2. The van der Waals surface area contributed by atoms with Crippen molar-refractivity contribution in [3.05, 3.63) is 0 Å². The number of likely N-dealkylation sites (N-methyl/N-ethyl adjacent to an activating group) is 1. The summed E-state index contributed by atoms with van der Waals surface area (Å²) in [6, 6.07) is 0.253. The molecule has 0 spiro atoms. The van der Waals surface area contributed by atoms with E-state index in [9.17, 15) is 9.90 Å². The van der Waals surface area contributed by atoms with Gasteiger partial charge in [0.25, 0.3) is 0 Å². The Morgan fingerprint density at radius 2 is 2.15 bits per heavy atom. The van der Waals surface area contributed by atoms with Gasteiger partial charge in [-0.25, -0.2) is 4.79 Å². The van der Waals surface area contributed by atoms with Crippen LogP contribution in [0.25, 0.3) is 0 Å². The zero-order valence-electron chi connectivity index (χ0n) is 13.3. The zero-order valence-corrected chi connectivity index (χ0v) is 13.3. The van der Waals surface area contributed by atoms with Crippen LogP contribution in [0.15, 0.2) is 0 Å². The predicted molar refractivity (Wildman–Crippen MR) is 79.7 cm³/mol. The molecule has 0 aromatic rings. The fourth-order valence-electron chi connectivity index (χ4n) is 2.75. The number of hydrogen-bond acceptors (Lipinski definition) is 4. The largest absolute Gasteiger partial charge is 0.444 e. The van der Waals surface area contributed by atoms with Crippen molar-refractivity contribution >= 4 is 6.09 Å². The number of ether oxygens (including phenoxy) is 1. The van der Waals surface area contributed by atoms with E-state index in [2.05, 4.69) is 5.32 Å². The number of carbonyl (C=O) groups excluding carboxylic acids is 1. The van der Waals surface area contributed by atoms with Crippen molar-refractivity contribution < 1.29 is 14.6 Å². The van der Waals surface area contributed by atoms with Crippen LogP contribution >= 0.6 is 0 Å². The Morgan fingerprint density at radius 1 is 1.45 bits per heavy atom. The number of piperidine rings is 1. The van der Waals surface area contributed by atoms with Crippen molar-refractivity contribution in [3.8, 4) is 0 Å². The Kier molecular flexibility index (Phi) is 6.76. The summed E-state index contributed by atoms with van der Waals surface area (Å²) >= 11 is 0. The first kappa shape index (κ1) is 17.2. The van der Waals surface area contributed by atoms with Crippen molar-refractivity contribution in [1.29, 1.82) is 0 Å². The van der Waals surface area contributed by atoms with Gasteiger partial charge in [0.2, 0.25) is 0 Å². The molecule has 0 radical (unpaired) electrons. The number of carbonyl (C=O) groups is 1. The Bertz CT molecular complexity index is 296. The van der Waals surface area contributed by atoms with E-state index in [1.807, 2.05) is 32.6 Å². The molecule has 1 saturated heterocycles. The topological polar surface area (TPSA) is 61.8 Å². The molecule has 2 N–H and O–H groups in total. The second kappa shape index (κ2) is 7.84. The lowest BCUT2D eigenvalue weighted by atomic mass is 9.94. The first-order chi connectivity index (χ1) is 9.39. The Morgan fingerprint density at radius 3 is 2.70 bits per heavy atom. The summed E-state index contributed by atoms with van der Waals surface area (Å²) < 4.78 is 5.51. The smallest absolute Gasteiger partial charge is 0.410 e. The average Bonchev–Trinajstić information content (AvgIpc) is 2.36. The number of likely N-dealkylation sites (tertiary alicyclic amines) is 1. The lowest BCUT2D eigenvalue weighted by Crippen LogP contribution is -2.55. The Labute approximate surface area is 122 Å². The lowest BCUT2D eigenvalue weighted by molar-refractivity contribution is 0.00344. The van der Waals surface area contributed by atoms with E-state index >= 15 is 0 Å². The number of nitrogens with one attached hydrogen (secondary N) is 1. The highest BCUT2D eigenvalue weighted by Crippen LogP contribution is 2.23. The number of aliphatic hydroxyl groups excluding tert-OH is 1.